The Morgan fingerprint density at radius 1 is 1.06 bits per heavy atom. The molecule has 0 bridgehead atoms. The van der Waals surface area contributed by atoms with Crippen molar-refractivity contribution in [3.05, 3.63) is 101 Å². The molecule has 5 rings (SSSR count). The molecular weight excluding hydrogens is 411 g/mol. The van der Waals surface area contributed by atoms with Crippen molar-refractivity contribution >= 4 is 45.6 Å². The molecule has 5 nitrogen and oxygen atoms in total. The van der Waals surface area contributed by atoms with Crippen LogP contribution in [0.5, 0.6) is 0 Å². The number of carbonyl (C=O) groups is 1. The zero-order chi connectivity index (χ0) is 21.2. The van der Waals surface area contributed by atoms with Crippen LogP contribution in [-0.4, -0.2) is 21.0 Å². The maximum atomic E-state index is 13.3. The van der Waals surface area contributed by atoms with Crippen molar-refractivity contribution in [3.8, 4) is 0 Å². The molecule has 0 aliphatic carbocycles. The van der Waals surface area contributed by atoms with Crippen LogP contribution in [0.3, 0.4) is 0 Å². The van der Waals surface area contributed by atoms with Crippen molar-refractivity contribution in [2.45, 2.75) is 6.54 Å². The molecule has 0 radical (unpaired) electrons. The van der Waals surface area contributed by atoms with Crippen LogP contribution < -0.4 is 4.90 Å². The van der Waals surface area contributed by atoms with Crippen LogP contribution in [-0.2, 0) is 11.3 Å². The molecule has 0 spiro atoms. The summed E-state index contributed by atoms with van der Waals surface area (Å²) >= 11 is 1.33. The number of amides is 1. The van der Waals surface area contributed by atoms with Crippen molar-refractivity contribution in [2.24, 2.45) is 4.99 Å². The van der Waals surface area contributed by atoms with Crippen molar-refractivity contribution in [1.82, 2.24) is 9.97 Å². The fourth-order valence-corrected chi connectivity index (χ4v) is 4.30. The van der Waals surface area contributed by atoms with Gasteiger partial charge in [-0.2, -0.15) is 0 Å². The monoisotopic (exact) mass is 428 g/mol. The van der Waals surface area contributed by atoms with Gasteiger partial charge in [0.25, 0.3) is 5.91 Å². The van der Waals surface area contributed by atoms with Crippen LogP contribution in [0.15, 0.2) is 89.0 Å². The second-order valence-electron chi connectivity index (χ2n) is 6.99. The molecule has 1 saturated heterocycles. The van der Waals surface area contributed by atoms with E-state index in [1.54, 1.807) is 23.4 Å². The molecule has 1 aromatic heterocycles. The molecule has 1 N–H and O–H groups in total. The molecular formula is C24H17FN4OS. The van der Waals surface area contributed by atoms with Crippen molar-refractivity contribution in [3.63, 3.8) is 0 Å². The number of aromatic amines is 1. The number of H-pyrrole nitrogens is 1. The maximum absolute atomic E-state index is 13.3. The third-order valence-corrected chi connectivity index (χ3v) is 5.88. The third kappa shape index (κ3) is 4.00. The Bertz CT molecular complexity index is 1310. The number of imidazole rings is 1. The quantitative estimate of drug-likeness (QED) is 0.444. The highest BCUT2D eigenvalue weighted by molar-refractivity contribution is 8.19. The number of carbonyl (C=O) groups excluding carboxylic acids is 1. The number of hydrogen-bond acceptors (Lipinski definition) is 4. The Hall–Kier alpha value is -3.71. The SMILES string of the molecule is O=C1C(=Cc2ccc3[nH]cnc3c2)SC(=NCc2ccc(F)cc2)N1c1ccccc1. The van der Waals surface area contributed by atoms with Crippen LogP contribution in [0.25, 0.3) is 17.1 Å². The lowest BCUT2D eigenvalue weighted by molar-refractivity contribution is -0.113. The molecule has 1 aliphatic rings. The second-order valence-corrected chi connectivity index (χ2v) is 8.00. The van der Waals surface area contributed by atoms with Gasteiger partial charge in [-0.1, -0.05) is 36.4 Å². The lowest BCUT2D eigenvalue weighted by Gasteiger charge is -2.15. The number of halogens is 1. The number of para-hydroxylation sites is 1. The van der Waals surface area contributed by atoms with E-state index in [9.17, 15) is 9.18 Å². The lowest BCUT2D eigenvalue weighted by Crippen LogP contribution is -2.28. The molecule has 1 amide bonds. The van der Waals surface area contributed by atoms with Gasteiger partial charge < -0.3 is 4.98 Å². The van der Waals surface area contributed by atoms with Crippen LogP contribution in [0, 0.1) is 5.82 Å². The molecule has 4 aromatic rings. The van der Waals surface area contributed by atoms with Gasteiger partial charge in [0.2, 0.25) is 0 Å². The predicted molar refractivity (Wildman–Crippen MR) is 123 cm³/mol. The van der Waals surface area contributed by atoms with Crippen molar-refractivity contribution in [2.75, 3.05) is 4.90 Å². The minimum Gasteiger partial charge on any atom is -0.345 e. The van der Waals surface area contributed by atoms with Gasteiger partial charge in [-0.25, -0.2) is 9.37 Å². The zero-order valence-electron chi connectivity index (χ0n) is 16.3. The Morgan fingerprint density at radius 3 is 2.68 bits per heavy atom. The standard InChI is InChI=1S/C24H17FN4OS/c25-18-9-6-16(7-10-18)14-26-24-29(19-4-2-1-3-5-19)23(30)22(31-24)13-17-8-11-20-21(12-17)28-15-27-20/h1-13,15H,14H2,(H,27,28). The van der Waals surface area contributed by atoms with E-state index in [1.165, 1.54) is 23.9 Å². The van der Waals surface area contributed by atoms with Gasteiger partial charge in [-0.15, -0.1) is 0 Å². The lowest BCUT2D eigenvalue weighted by atomic mass is 10.2. The maximum Gasteiger partial charge on any atom is 0.271 e. The summed E-state index contributed by atoms with van der Waals surface area (Å²) in [5.74, 6) is -0.414. The number of benzene rings is 3. The first-order valence-electron chi connectivity index (χ1n) is 9.68. The predicted octanol–water partition coefficient (Wildman–Crippen LogP) is 5.38. The zero-order valence-corrected chi connectivity index (χ0v) is 17.1. The Kier molecular flexibility index (Phi) is 5.09. The summed E-state index contributed by atoms with van der Waals surface area (Å²) in [5.41, 5.74) is 4.30. The number of anilines is 1. The van der Waals surface area contributed by atoms with Gasteiger partial charge in [0.15, 0.2) is 5.17 Å². The van der Waals surface area contributed by atoms with Crippen LogP contribution in [0.1, 0.15) is 11.1 Å². The first-order valence-corrected chi connectivity index (χ1v) is 10.5. The van der Waals surface area contributed by atoms with Crippen molar-refractivity contribution in [1.29, 1.82) is 0 Å². The molecule has 2 heterocycles. The van der Waals surface area contributed by atoms with Gasteiger partial charge in [0.1, 0.15) is 5.82 Å². The molecule has 0 atom stereocenters. The van der Waals surface area contributed by atoms with Crippen LogP contribution >= 0.6 is 11.8 Å². The van der Waals surface area contributed by atoms with E-state index < -0.39 is 0 Å². The van der Waals surface area contributed by atoms with Crippen LogP contribution in [0.2, 0.25) is 0 Å². The van der Waals surface area contributed by atoms with Gasteiger partial charge in [0, 0.05) is 0 Å². The van der Waals surface area contributed by atoms with E-state index in [1.807, 2.05) is 54.6 Å². The Morgan fingerprint density at radius 2 is 1.87 bits per heavy atom. The minimum atomic E-state index is -0.285. The Labute approximate surface area is 182 Å². The van der Waals surface area contributed by atoms with E-state index >= 15 is 0 Å². The van der Waals surface area contributed by atoms with E-state index in [4.69, 9.17) is 0 Å². The minimum absolute atomic E-state index is 0.129. The average Bonchev–Trinajstić information content (AvgIpc) is 3.38. The van der Waals surface area contributed by atoms with E-state index in [0.717, 1.165) is 27.8 Å². The second kappa shape index (κ2) is 8.20. The summed E-state index contributed by atoms with van der Waals surface area (Å²) < 4.78 is 13.2. The number of thioether (sulfide) groups is 1. The fourth-order valence-electron chi connectivity index (χ4n) is 3.32. The number of aromatic nitrogens is 2. The molecule has 0 saturated carbocycles. The number of nitrogens with zero attached hydrogens (tertiary/aromatic N) is 3. The first-order chi connectivity index (χ1) is 15.2. The summed E-state index contributed by atoms with van der Waals surface area (Å²) in [7, 11) is 0. The fraction of sp³-hybridized carbons (Fsp3) is 0.0417. The summed E-state index contributed by atoms with van der Waals surface area (Å²) in [6.07, 6.45) is 3.51. The third-order valence-electron chi connectivity index (χ3n) is 4.87. The largest absolute Gasteiger partial charge is 0.345 e. The molecule has 31 heavy (non-hydrogen) atoms. The number of nitrogens with one attached hydrogen (secondary N) is 1. The number of fused-ring (bicyclic) bond motifs is 1. The Balaban J connectivity index is 1.50. The van der Waals surface area contributed by atoms with E-state index in [0.29, 0.717) is 16.6 Å². The van der Waals surface area contributed by atoms with Gasteiger partial charge in [-0.05, 0) is 65.4 Å². The van der Waals surface area contributed by atoms with Gasteiger partial charge in [0.05, 0.1) is 34.5 Å². The smallest absolute Gasteiger partial charge is 0.271 e. The number of aliphatic imine (C=N–C) groups is 1. The molecule has 3 aromatic carbocycles. The van der Waals surface area contributed by atoms with Gasteiger partial charge in [-0.3, -0.25) is 14.7 Å². The highest BCUT2D eigenvalue weighted by Crippen LogP contribution is 2.36. The highest BCUT2D eigenvalue weighted by Gasteiger charge is 2.34. The van der Waals surface area contributed by atoms with Crippen LogP contribution in [0.4, 0.5) is 10.1 Å². The first kappa shape index (κ1) is 19.3. The summed E-state index contributed by atoms with van der Waals surface area (Å²) in [6.45, 7) is 0.353. The highest BCUT2D eigenvalue weighted by atomic mass is 32.2. The van der Waals surface area contributed by atoms with Crippen molar-refractivity contribution < 1.29 is 9.18 Å². The molecule has 1 aliphatic heterocycles. The summed E-state index contributed by atoms with van der Waals surface area (Å²) in [5, 5.41) is 0.590. The molecule has 7 heteroatoms. The number of amidine groups is 1. The summed E-state index contributed by atoms with van der Waals surface area (Å²) in [6, 6.07) is 21.5. The average molecular weight is 428 g/mol. The molecule has 152 valence electrons. The molecule has 0 unspecified atom stereocenters. The van der Waals surface area contributed by atoms with Gasteiger partial charge >= 0.3 is 0 Å². The van der Waals surface area contributed by atoms with E-state index in [-0.39, 0.29) is 11.7 Å². The topological polar surface area (TPSA) is 61.4 Å². The number of hydrogen-bond donors (Lipinski definition) is 1. The number of rotatable bonds is 4. The molecule has 1 fully saturated rings. The normalized spacial score (nSPS) is 16.7. The summed E-state index contributed by atoms with van der Waals surface area (Å²) in [4.78, 5) is 27.5. The van der Waals surface area contributed by atoms with E-state index in [2.05, 4.69) is 15.0 Å².